The van der Waals surface area contributed by atoms with Gasteiger partial charge in [0.05, 0.1) is 5.69 Å². The summed E-state index contributed by atoms with van der Waals surface area (Å²) in [5.41, 5.74) is 1.40. The van der Waals surface area contributed by atoms with Gasteiger partial charge < -0.3 is 15.7 Å². The zero-order chi connectivity index (χ0) is 13.8. The second-order valence-corrected chi connectivity index (χ2v) is 5.77. The maximum absolute atomic E-state index is 11.8. The quantitative estimate of drug-likeness (QED) is 0.800. The van der Waals surface area contributed by atoms with Crippen LogP contribution in [0.2, 0.25) is 0 Å². The van der Waals surface area contributed by atoms with Gasteiger partial charge in [-0.25, -0.2) is 4.79 Å². The first-order chi connectivity index (χ1) is 8.34. The van der Waals surface area contributed by atoms with E-state index in [1.807, 2.05) is 39.0 Å². The fourth-order valence-electron chi connectivity index (χ4n) is 1.52. The van der Waals surface area contributed by atoms with Gasteiger partial charge in [-0.3, -0.25) is 0 Å². The molecule has 2 amide bonds. The first-order valence-electron chi connectivity index (χ1n) is 5.80. The van der Waals surface area contributed by atoms with E-state index in [-0.39, 0.29) is 12.6 Å². The molecule has 0 spiro atoms. The van der Waals surface area contributed by atoms with E-state index < -0.39 is 5.54 Å². The topological polar surface area (TPSA) is 61.4 Å². The lowest BCUT2D eigenvalue weighted by Crippen LogP contribution is -2.46. The first kappa shape index (κ1) is 15.0. The maximum Gasteiger partial charge on any atom is 0.319 e. The molecule has 0 aliphatic rings. The number of hydrogen-bond donors (Lipinski definition) is 3. The Hall–Kier alpha value is -1.07. The number of anilines is 1. The van der Waals surface area contributed by atoms with Gasteiger partial charge in [-0.05, 0) is 60.8 Å². The molecule has 4 nitrogen and oxygen atoms in total. The number of carbonyl (C=O) groups excluding carboxylic acids is 1. The zero-order valence-electron chi connectivity index (χ0n) is 10.9. The highest BCUT2D eigenvalue weighted by atomic mass is 79.9. The van der Waals surface area contributed by atoms with E-state index in [4.69, 9.17) is 5.11 Å². The van der Waals surface area contributed by atoms with E-state index in [0.29, 0.717) is 6.42 Å². The predicted octanol–water partition coefficient (Wildman–Crippen LogP) is 3.04. The first-order valence-corrected chi connectivity index (χ1v) is 6.59. The van der Waals surface area contributed by atoms with Gasteiger partial charge in [0.25, 0.3) is 0 Å². The number of halogens is 1. The van der Waals surface area contributed by atoms with Crippen molar-refractivity contribution in [1.29, 1.82) is 0 Å². The van der Waals surface area contributed by atoms with Crippen molar-refractivity contribution in [1.82, 2.24) is 5.32 Å². The van der Waals surface area contributed by atoms with Crippen molar-refractivity contribution in [3.05, 3.63) is 28.2 Å². The molecule has 0 aliphatic carbocycles. The van der Waals surface area contributed by atoms with E-state index in [1.165, 1.54) is 0 Å². The van der Waals surface area contributed by atoms with Crippen LogP contribution in [-0.2, 0) is 0 Å². The van der Waals surface area contributed by atoms with Crippen LogP contribution in [0.3, 0.4) is 0 Å². The monoisotopic (exact) mass is 314 g/mol. The zero-order valence-corrected chi connectivity index (χ0v) is 12.5. The Bertz CT molecular complexity index is 433. The Labute approximate surface area is 116 Å². The van der Waals surface area contributed by atoms with Crippen LogP contribution in [0, 0.1) is 6.92 Å². The highest BCUT2D eigenvalue weighted by Crippen LogP contribution is 2.23. The van der Waals surface area contributed by atoms with E-state index in [0.717, 1.165) is 15.7 Å². The molecule has 1 aromatic rings. The van der Waals surface area contributed by atoms with E-state index >= 15 is 0 Å². The van der Waals surface area contributed by atoms with Crippen molar-refractivity contribution in [2.75, 3.05) is 11.9 Å². The smallest absolute Gasteiger partial charge is 0.319 e. The number of hydrogen-bond acceptors (Lipinski definition) is 2. The second-order valence-electron chi connectivity index (χ2n) is 4.92. The van der Waals surface area contributed by atoms with Gasteiger partial charge in [-0.15, -0.1) is 0 Å². The number of nitrogens with one attached hydrogen (secondary N) is 2. The molecule has 0 saturated heterocycles. The molecule has 0 bridgehead atoms. The lowest BCUT2D eigenvalue weighted by molar-refractivity contribution is 0.218. The summed E-state index contributed by atoms with van der Waals surface area (Å²) < 4.78 is 0.845. The van der Waals surface area contributed by atoms with Crippen LogP contribution in [0.25, 0.3) is 0 Å². The number of aryl methyl sites for hydroxylation is 1. The largest absolute Gasteiger partial charge is 0.396 e. The molecule has 0 unspecified atom stereocenters. The number of benzene rings is 1. The Morgan fingerprint density at radius 2 is 2.11 bits per heavy atom. The minimum absolute atomic E-state index is 0.0432. The molecule has 1 aromatic carbocycles. The molecule has 0 fully saturated rings. The summed E-state index contributed by atoms with van der Waals surface area (Å²) in [6, 6.07) is 5.43. The number of aliphatic hydroxyl groups is 1. The van der Waals surface area contributed by atoms with Gasteiger partial charge >= 0.3 is 6.03 Å². The van der Waals surface area contributed by atoms with Gasteiger partial charge in [0.15, 0.2) is 0 Å². The van der Waals surface area contributed by atoms with Gasteiger partial charge in [0, 0.05) is 16.6 Å². The molecule has 3 N–H and O–H groups in total. The van der Waals surface area contributed by atoms with Gasteiger partial charge in [0.1, 0.15) is 0 Å². The van der Waals surface area contributed by atoms with Crippen molar-refractivity contribution in [2.45, 2.75) is 32.7 Å². The maximum atomic E-state index is 11.8. The summed E-state index contributed by atoms with van der Waals surface area (Å²) in [4.78, 5) is 11.8. The summed E-state index contributed by atoms with van der Waals surface area (Å²) in [6.07, 6.45) is 0.509. The van der Waals surface area contributed by atoms with E-state index in [9.17, 15) is 4.79 Å². The molecule has 100 valence electrons. The van der Waals surface area contributed by atoms with Crippen molar-refractivity contribution in [2.24, 2.45) is 0 Å². The Morgan fingerprint density at radius 3 is 2.67 bits per heavy atom. The third kappa shape index (κ3) is 4.66. The molecule has 0 heterocycles. The average Bonchev–Trinajstić information content (AvgIpc) is 2.21. The highest BCUT2D eigenvalue weighted by Gasteiger charge is 2.19. The van der Waals surface area contributed by atoms with Gasteiger partial charge in [-0.1, -0.05) is 6.07 Å². The van der Waals surface area contributed by atoms with E-state index in [1.54, 1.807) is 0 Å². The van der Waals surface area contributed by atoms with Crippen LogP contribution >= 0.6 is 15.9 Å². The molecule has 0 radical (unpaired) electrons. The van der Waals surface area contributed by atoms with Crippen LogP contribution in [0.5, 0.6) is 0 Å². The normalized spacial score (nSPS) is 11.2. The standard InChI is InChI=1S/C13H19BrN2O2/c1-9-4-5-11(10(14)8-9)15-12(18)16-13(2,3)6-7-17/h4-5,8,17H,6-7H2,1-3H3,(H2,15,16,18). The average molecular weight is 315 g/mol. The third-order valence-electron chi connectivity index (χ3n) is 2.56. The number of carbonyl (C=O) groups is 1. The predicted molar refractivity (Wildman–Crippen MR) is 76.8 cm³/mol. The molecule has 1 rings (SSSR count). The molecular formula is C13H19BrN2O2. The van der Waals surface area contributed by atoms with Crippen LogP contribution in [0.1, 0.15) is 25.8 Å². The lowest BCUT2D eigenvalue weighted by Gasteiger charge is -2.25. The second kappa shape index (κ2) is 6.20. The summed E-state index contributed by atoms with van der Waals surface area (Å²) in [7, 11) is 0. The Kier molecular flexibility index (Phi) is 5.16. The fourth-order valence-corrected chi connectivity index (χ4v) is 2.12. The van der Waals surface area contributed by atoms with Crippen LogP contribution < -0.4 is 10.6 Å². The third-order valence-corrected chi connectivity index (χ3v) is 3.22. The molecule has 0 atom stereocenters. The van der Waals surface area contributed by atoms with Crippen LogP contribution in [0.15, 0.2) is 22.7 Å². The van der Waals surface area contributed by atoms with Crippen LogP contribution in [0.4, 0.5) is 10.5 Å². The SMILES string of the molecule is Cc1ccc(NC(=O)NC(C)(C)CCO)c(Br)c1. The molecule has 0 saturated carbocycles. The van der Waals surface area contributed by atoms with Crippen molar-refractivity contribution in [3.63, 3.8) is 0 Å². The Balaban J connectivity index is 2.65. The summed E-state index contributed by atoms with van der Waals surface area (Å²) >= 11 is 3.40. The van der Waals surface area contributed by atoms with Crippen molar-refractivity contribution < 1.29 is 9.90 Å². The summed E-state index contributed by atoms with van der Waals surface area (Å²) in [6.45, 7) is 5.76. The fraction of sp³-hybridized carbons (Fsp3) is 0.462. The molecule has 0 aromatic heterocycles. The molecule has 5 heteroatoms. The molecule has 0 aliphatic heterocycles. The minimum atomic E-state index is -0.435. The number of urea groups is 1. The van der Waals surface area contributed by atoms with E-state index in [2.05, 4.69) is 26.6 Å². The highest BCUT2D eigenvalue weighted by molar-refractivity contribution is 9.10. The Morgan fingerprint density at radius 1 is 1.44 bits per heavy atom. The molecular weight excluding hydrogens is 296 g/mol. The number of aliphatic hydroxyl groups excluding tert-OH is 1. The molecule has 18 heavy (non-hydrogen) atoms. The number of amides is 2. The number of rotatable bonds is 4. The minimum Gasteiger partial charge on any atom is -0.396 e. The lowest BCUT2D eigenvalue weighted by atomic mass is 10.0. The van der Waals surface area contributed by atoms with Crippen molar-refractivity contribution in [3.8, 4) is 0 Å². The summed E-state index contributed by atoms with van der Waals surface area (Å²) in [5, 5.41) is 14.5. The van der Waals surface area contributed by atoms with Crippen LogP contribution in [-0.4, -0.2) is 23.3 Å². The van der Waals surface area contributed by atoms with Gasteiger partial charge in [-0.2, -0.15) is 0 Å². The van der Waals surface area contributed by atoms with Crippen molar-refractivity contribution >= 4 is 27.6 Å². The summed E-state index contributed by atoms with van der Waals surface area (Å²) in [5.74, 6) is 0. The van der Waals surface area contributed by atoms with Gasteiger partial charge in [0.2, 0.25) is 0 Å².